The van der Waals surface area contributed by atoms with Crippen LogP contribution in [0.15, 0.2) is 24.3 Å². The molecule has 2 rings (SSSR count). The molecule has 1 saturated heterocycles. The van der Waals surface area contributed by atoms with E-state index < -0.39 is 0 Å². The molecule has 0 aliphatic carbocycles. The van der Waals surface area contributed by atoms with Gasteiger partial charge in [0.05, 0.1) is 7.11 Å². The van der Waals surface area contributed by atoms with Gasteiger partial charge in [-0.2, -0.15) is 0 Å². The lowest BCUT2D eigenvalue weighted by atomic mass is 9.91. The maximum atomic E-state index is 9.07. The van der Waals surface area contributed by atoms with Crippen molar-refractivity contribution >= 4 is 0 Å². The zero-order valence-electron chi connectivity index (χ0n) is 9.65. The number of benzene rings is 1. The van der Waals surface area contributed by atoms with Gasteiger partial charge in [-0.3, -0.25) is 0 Å². The second kappa shape index (κ2) is 5.32. The minimum absolute atomic E-state index is 0.290. The second-order valence-corrected chi connectivity index (χ2v) is 4.36. The largest absolute Gasteiger partial charge is 0.497 e. The Kier molecular flexibility index (Phi) is 3.80. The van der Waals surface area contributed by atoms with Gasteiger partial charge in [0, 0.05) is 19.2 Å². The molecule has 1 aliphatic heterocycles. The highest BCUT2D eigenvalue weighted by Crippen LogP contribution is 2.27. The number of hydrogen-bond acceptors (Lipinski definition) is 3. The Bertz CT molecular complexity index is 332. The van der Waals surface area contributed by atoms with Crippen molar-refractivity contribution in [3.05, 3.63) is 29.8 Å². The highest BCUT2D eigenvalue weighted by atomic mass is 16.5. The summed E-state index contributed by atoms with van der Waals surface area (Å²) in [5.41, 5.74) is 1.27. The molecule has 88 valence electrons. The predicted octanol–water partition coefficient (Wildman–Crippen LogP) is 1.73. The summed E-state index contributed by atoms with van der Waals surface area (Å²) in [7, 11) is 1.69. The molecule has 0 amide bonds. The minimum atomic E-state index is 0.290. The van der Waals surface area contributed by atoms with Crippen molar-refractivity contribution in [1.82, 2.24) is 5.32 Å². The summed E-state index contributed by atoms with van der Waals surface area (Å²) in [6.45, 7) is 1.19. The van der Waals surface area contributed by atoms with Crippen molar-refractivity contribution in [3.8, 4) is 5.75 Å². The number of aliphatic hydroxyl groups excluding tert-OH is 1. The predicted molar refractivity (Wildman–Crippen MR) is 63.5 cm³/mol. The molecule has 1 aromatic carbocycles. The molecular weight excluding hydrogens is 202 g/mol. The number of ether oxygens (including phenoxy) is 1. The molecule has 0 radical (unpaired) electrons. The molecule has 0 aromatic heterocycles. The van der Waals surface area contributed by atoms with Crippen LogP contribution >= 0.6 is 0 Å². The van der Waals surface area contributed by atoms with Gasteiger partial charge >= 0.3 is 0 Å². The van der Waals surface area contributed by atoms with Gasteiger partial charge in [0.2, 0.25) is 0 Å². The van der Waals surface area contributed by atoms with Gasteiger partial charge in [0.15, 0.2) is 0 Å². The molecule has 1 heterocycles. The van der Waals surface area contributed by atoms with E-state index in [1.165, 1.54) is 5.56 Å². The van der Waals surface area contributed by atoms with Crippen molar-refractivity contribution in [2.45, 2.75) is 18.9 Å². The summed E-state index contributed by atoms with van der Waals surface area (Å²) in [6, 6.07) is 8.59. The third-order valence-electron chi connectivity index (χ3n) is 3.27. The summed E-state index contributed by atoms with van der Waals surface area (Å²) in [5.74, 6) is 1.32. The summed E-state index contributed by atoms with van der Waals surface area (Å²) >= 11 is 0. The first-order valence-corrected chi connectivity index (χ1v) is 5.81. The van der Waals surface area contributed by atoms with E-state index >= 15 is 0 Å². The van der Waals surface area contributed by atoms with Crippen LogP contribution in [0.25, 0.3) is 0 Å². The normalized spacial score (nSPS) is 25.4. The molecule has 2 N–H and O–H groups in total. The Morgan fingerprint density at radius 2 is 2.31 bits per heavy atom. The van der Waals surface area contributed by atoms with Crippen LogP contribution in [-0.4, -0.2) is 25.4 Å². The zero-order chi connectivity index (χ0) is 11.4. The van der Waals surface area contributed by atoms with E-state index in [4.69, 9.17) is 9.84 Å². The third-order valence-corrected chi connectivity index (χ3v) is 3.27. The Morgan fingerprint density at radius 3 is 2.94 bits per heavy atom. The van der Waals surface area contributed by atoms with E-state index in [2.05, 4.69) is 17.4 Å². The van der Waals surface area contributed by atoms with Crippen LogP contribution in [0.2, 0.25) is 0 Å². The second-order valence-electron chi connectivity index (χ2n) is 4.36. The van der Waals surface area contributed by atoms with E-state index in [1.54, 1.807) is 7.11 Å². The molecule has 1 aliphatic rings. The Labute approximate surface area is 96.4 Å². The first kappa shape index (κ1) is 11.4. The standard InChI is InChI=1S/C13H19NO2/c1-16-12-4-2-3-11(7-12)13-6-5-10(9-15)8-14-13/h2-4,7,10,13-15H,5-6,8-9H2,1H3. The van der Waals surface area contributed by atoms with E-state index in [0.717, 1.165) is 25.1 Å². The molecule has 2 unspecified atom stereocenters. The average molecular weight is 221 g/mol. The van der Waals surface area contributed by atoms with Gasteiger partial charge in [0.25, 0.3) is 0 Å². The fourth-order valence-corrected chi connectivity index (χ4v) is 2.21. The number of piperidine rings is 1. The summed E-state index contributed by atoms with van der Waals surface area (Å²) in [4.78, 5) is 0. The fourth-order valence-electron chi connectivity index (χ4n) is 2.21. The van der Waals surface area contributed by atoms with Gasteiger partial charge in [-0.1, -0.05) is 12.1 Å². The number of hydrogen-bond donors (Lipinski definition) is 2. The number of aliphatic hydroxyl groups is 1. The van der Waals surface area contributed by atoms with Crippen molar-refractivity contribution in [2.24, 2.45) is 5.92 Å². The number of methoxy groups -OCH3 is 1. The maximum Gasteiger partial charge on any atom is 0.119 e. The van der Waals surface area contributed by atoms with Crippen molar-refractivity contribution in [2.75, 3.05) is 20.3 Å². The number of nitrogens with one attached hydrogen (secondary N) is 1. The van der Waals surface area contributed by atoms with Crippen LogP contribution < -0.4 is 10.1 Å². The summed E-state index contributed by atoms with van der Waals surface area (Å²) in [6.07, 6.45) is 2.17. The topological polar surface area (TPSA) is 41.5 Å². The molecule has 2 atom stereocenters. The molecule has 1 fully saturated rings. The molecule has 0 saturated carbocycles. The number of rotatable bonds is 3. The first-order chi connectivity index (χ1) is 7.83. The zero-order valence-corrected chi connectivity index (χ0v) is 9.65. The average Bonchev–Trinajstić information content (AvgIpc) is 2.39. The van der Waals surface area contributed by atoms with Crippen LogP contribution in [0.3, 0.4) is 0 Å². The highest BCUT2D eigenvalue weighted by molar-refractivity contribution is 5.30. The van der Waals surface area contributed by atoms with Crippen LogP contribution in [0.5, 0.6) is 5.75 Å². The molecular formula is C13H19NO2. The Hall–Kier alpha value is -1.06. The Balaban J connectivity index is 2.02. The molecule has 1 aromatic rings. The van der Waals surface area contributed by atoms with Crippen LogP contribution in [0, 0.1) is 5.92 Å². The van der Waals surface area contributed by atoms with Crippen LogP contribution in [0.1, 0.15) is 24.4 Å². The Morgan fingerprint density at radius 1 is 1.44 bits per heavy atom. The van der Waals surface area contributed by atoms with Gasteiger partial charge in [-0.25, -0.2) is 0 Å². The quantitative estimate of drug-likeness (QED) is 0.816. The highest BCUT2D eigenvalue weighted by Gasteiger charge is 2.21. The molecule has 3 nitrogen and oxygen atoms in total. The lowest BCUT2D eigenvalue weighted by Crippen LogP contribution is -2.34. The van der Waals surface area contributed by atoms with Gasteiger partial charge in [-0.15, -0.1) is 0 Å². The third kappa shape index (κ3) is 2.54. The SMILES string of the molecule is COc1cccc(C2CCC(CO)CN2)c1. The minimum Gasteiger partial charge on any atom is -0.497 e. The van der Waals surface area contributed by atoms with Crippen molar-refractivity contribution in [1.29, 1.82) is 0 Å². The first-order valence-electron chi connectivity index (χ1n) is 5.81. The lowest BCUT2D eigenvalue weighted by molar-refractivity contribution is 0.184. The summed E-state index contributed by atoms with van der Waals surface area (Å²) in [5, 5.41) is 12.5. The lowest BCUT2D eigenvalue weighted by Gasteiger charge is -2.29. The fraction of sp³-hybridized carbons (Fsp3) is 0.538. The smallest absolute Gasteiger partial charge is 0.119 e. The van der Waals surface area contributed by atoms with Gasteiger partial charge < -0.3 is 15.2 Å². The molecule has 0 bridgehead atoms. The summed E-state index contributed by atoms with van der Waals surface area (Å²) < 4.78 is 5.22. The van der Waals surface area contributed by atoms with E-state index in [0.29, 0.717) is 12.0 Å². The van der Waals surface area contributed by atoms with Gasteiger partial charge in [0.1, 0.15) is 5.75 Å². The van der Waals surface area contributed by atoms with Crippen LogP contribution in [-0.2, 0) is 0 Å². The molecule has 0 spiro atoms. The molecule has 16 heavy (non-hydrogen) atoms. The maximum absolute atomic E-state index is 9.07. The van der Waals surface area contributed by atoms with E-state index in [9.17, 15) is 0 Å². The van der Waals surface area contributed by atoms with Crippen molar-refractivity contribution in [3.63, 3.8) is 0 Å². The monoisotopic (exact) mass is 221 g/mol. The van der Waals surface area contributed by atoms with E-state index in [1.807, 2.05) is 12.1 Å². The van der Waals surface area contributed by atoms with E-state index in [-0.39, 0.29) is 6.61 Å². The van der Waals surface area contributed by atoms with Crippen LogP contribution in [0.4, 0.5) is 0 Å². The molecule has 3 heteroatoms. The van der Waals surface area contributed by atoms with Crippen molar-refractivity contribution < 1.29 is 9.84 Å². The van der Waals surface area contributed by atoms with Gasteiger partial charge in [-0.05, 0) is 36.5 Å².